The molecule has 4 aromatic rings. The number of carbonyl (C=O) groups is 2. The standard InChI is InChI=1S/C21H17ClFN7O2.ClH/c22-15-6-13(23)7-25-17(15)11-30(10-12-4-2-1-3-5-12)21(32)20(31)28-16-9-26-19(24)14-8-27-29-18(14)16;/h1-9H,10-11H2,(H2,24,26)(H,27,29)(H,28,31);1H. The molecule has 0 saturated heterocycles. The molecule has 4 N–H and O–H groups in total. The van der Waals surface area contributed by atoms with Crippen molar-refractivity contribution in [2.24, 2.45) is 0 Å². The summed E-state index contributed by atoms with van der Waals surface area (Å²) in [5, 5.41) is 9.72. The lowest BCUT2D eigenvalue weighted by Gasteiger charge is -2.22. The van der Waals surface area contributed by atoms with Gasteiger partial charge in [-0.1, -0.05) is 41.9 Å². The van der Waals surface area contributed by atoms with Crippen LogP contribution in [0.1, 0.15) is 11.3 Å². The SMILES string of the molecule is Cl.Nc1ncc(NC(=O)C(=O)N(Cc2ccccc2)Cc2ncc(F)cc2Cl)c2[nH]ncc12. The van der Waals surface area contributed by atoms with Crippen LogP contribution >= 0.6 is 24.0 Å². The zero-order valence-corrected chi connectivity index (χ0v) is 18.5. The molecule has 9 nitrogen and oxygen atoms in total. The van der Waals surface area contributed by atoms with E-state index in [-0.39, 0.29) is 47.7 Å². The molecule has 4 rings (SSSR count). The summed E-state index contributed by atoms with van der Waals surface area (Å²) in [6.07, 6.45) is 3.81. The van der Waals surface area contributed by atoms with E-state index in [1.54, 1.807) is 0 Å². The van der Waals surface area contributed by atoms with Crippen molar-refractivity contribution in [3.05, 3.63) is 77.1 Å². The quantitative estimate of drug-likeness (QED) is 0.368. The average molecular weight is 490 g/mol. The average Bonchev–Trinajstić information content (AvgIpc) is 3.28. The topological polar surface area (TPSA) is 130 Å². The number of hydrogen-bond acceptors (Lipinski definition) is 6. The molecule has 12 heteroatoms. The third-order valence-electron chi connectivity index (χ3n) is 4.69. The number of amides is 2. The number of halogens is 3. The number of aromatic amines is 1. The number of nitrogen functional groups attached to an aromatic ring is 1. The summed E-state index contributed by atoms with van der Waals surface area (Å²) in [5.74, 6) is -2.10. The van der Waals surface area contributed by atoms with Crippen molar-refractivity contribution in [3.8, 4) is 0 Å². The number of pyridine rings is 2. The fourth-order valence-corrected chi connectivity index (χ4v) is 3.32. The van der Waals surface area contributed by atoms with Crippen LogP contribution in [-0.4, -0.2) is 36.9 Å². The molecule has 0 radical (unpaired) electrons. The van der Waals surface area contributed by atoms with Crippen LogP contribution in [0, 0.1) is 5.82 Å². The Kier molecular flexibility index (Phi) is 7.41. The van der Waals surface area contributed by atoms with Crippen LogP contribution in [0.3, 0.4) is 0 Å². The highest BCUT2D eigenvalue weighted by Crippen LogP contribution is 2.24. The van der Waals surface area contributed by atoms with Gasteiger partial charge in [-0.2, -0.15) is 5.10 Å². The van der Waals surface area contributed by atoms with Crippen LogP contribution in [-0.2, 0) is 22.7 Å². The van der Waals surface area contributed by atoms with E-state index in [9.17, 15) is 14.0 Å². The summed E-state index contributed by atoms with van der Waals surface area (Å²) in [4.78, 5) is 35.1. The number of H-pyrrole nitrogens is 1. The first-order valence-corrected chi connectivity index (χ1v) is 9.82. The van der Waals surface area contributed by atoms with Crippen molar-refractivity contribution < 1.29 is 14.0 Å². The van der Waals surface area contributed by atoms with Crippen molar-refractivity contribution in [2.75, 3.05) is 11.1 Å². The smallest absolute Gasteiger partial charge is 0.314 e. The number of carbonyl (C=O) groups excluding carboxylic acids is 2. The Hall–Kier alpha value is -3.76. The largest absolute Gasteiger partial charge is 0.383 e. The number of nitrogens with one attached hydrogen (secondary N) is 2. The summed E-state index contributed by atoms with van der Waals surface area (Å²) in [7, 11) is 0. The number of rotatable bonds is 5. The first-order chi connectivity index (χ1) is 15.4. The van der Waals surface area contributed by atoms with E-state index < -0.39 is 17.6 Å². The molecule has 2 amide bonds. The maximum absolute atomic E-state index is 13.4. The molecule has 1 aromatic carbocycles. The van der Waals surface area contributed by atoms with E-state index in [1.165, 1.54) is 17.3 Å². The van der Waals surface area contributed by atoms with Crippen LogP contribution < -0.4 is 11.1 Å². The third kappa shape index (κ3) is 5.36. The zero-order valence-electron chi connectivity index (χ0n) is 17.0. The number of aromatic nitrogens is 4. The van der Waals surface area contributed by atoms with Crippen molar-refractivity contribution in [1.82, 2.24) is 25.1 Å². The number of hydrogen-bond donors (Lipinski definition) is 3. The molecule has 33 heavy (non-hydrogen) atoms. The minimum atomic E-state index is -0.901. The molecule has 170 valence electrons. The van der Waals surface area contributed by atoms with E-state index in [1.807, 2.05) is 30.3 Å². The van der Waals surface area contributed by atoms with Crippen molar-refractivity contribution in [1.29, 1.82) is 0 Å². The monoisotopic (exact) mass is 489 g/mol. The van der Waals surface area contributed by atoms with Gasteiger partial charge in [0.2, 0.25) is 0 Å². The summed E-state index contributed by atoms with van der Waals surface area (Å²) < 4.78 is 13.4. The fourth-order valence-electron chi connectivity index (χ4n) is 3.11. The molecule has 0 aliphatic rings. The highest BCUT2D eigenvalue weighted by atomic mass is 35.5. The predicted molar refractivity (Wildman–Crippen MR) is 124 cm³/mol. The van der Waals surface area contributed by atoms with Gasteiger partial charge in [-0.05, 0) is 11.6 Å². The van der Waals surface area contributed by atoms with Gasteiger partial charge in [-0.25, -0.2) is 9.37 Å². The maximum Gasteiger partial charge on any atom is 0.314 e. The molecule has 0 fully saturated rings. The lowest BCUT2D eigenvalue weighted by Crippen LogP contribution is -2.39. The Bertz CT molecular complexity index is 1300. The molecule has 0 spiro atoms. The zero-order chi connectivity index (χ0) is 22.7. The van der Waals surface area contributed by atoms with Crippen LogP contribution in [0.5, 0.6) is 0 Å². The van der Waals surface area contributed by atoms with Crippen molar-refractivity contribution in [2.45, 2.75) is 13.1 Å². The predicted octanol–water partition coefficient (Wildman–Crippen LogP) is 3.32. The number of anilines is 2. The van der Waals surface area contributed by atoms with E-state index in [0.29, 0.717) is 10.9 Å². The molecule has 3 aromatic heterocycles. The third-order valence-corrected chi connectivity index (χ3v) is 5.02. The lowest BCUT2D eigenvalue weighted by molar-refractivity contribution is -0.144. The van der Waals surface area contributed by atoms with Gasteiger partial charge in [-0.15, -0.1) is 12.4 Å². The second-order valence-electron chi connectivity index (χ2n) is 6.90. The number of benzene rings is 1. The van der Waals surface area contributed by atoms with Crippen LogP contribution in [0.4, 0.5) is 15.9 Å². The lowest BCUT2D eigenvalue weighted by atomic mass is 10.2. The first kappa shape index (κ1) is 23.9. The molecular weight excluding hydrogens is 472 g/mol. The number of nitrogens with zero attached hydrogens (tertiary/aromatic N) is 4. The Labute approximate surface area is 198 Å². The number of fused-ring (bicyclic) bond motifs is 1. The molecule has 0 atom stereocenters. The van der Waals surface area contributed by atoms with Gasteiger partial charge in [0.15, 0.2) is 0 Å². The highest BCUT2D eigenvalue weighted by Gasteiger charge is 2.25. The van der Waals surface area contributed by atoms with Gasteiger partial charge < -0.3 is 16.0 Å². The van der Waals surface area contributed by atoms with Crippen LogP contribution in [0.15, 0.2) is 55.0 Å². The van der Waals surface area contributed by atoms with E-state index >= 15 is 0 Å². The molecule has 0 saturated carbocycles. The van der Waals surface area contributed by atoms with Gasteiger partial charge >= 0.3 is 11.8 Å². The summed E-state index contributed by atoms with van der Waals surface area (Å²) >= 11 is 6.09. The fraction of sp³-hybridized carbons (Fsp3) is 0.0952. The second-order valence-corrected chi connectivity index (χ2v) is 7.31. The van der Waals surface area contributed by atoms with E-state index in [4.69, 9.17) is 17.3 Å². The van der Waals surface area contributed by atoms with Gasteiger partial charge in [0.25, 0.3) is 0 Å². The van der Waals surface area contributed by atoms with Gasteiger partial charge in [-0.3, -0.25) is 19.7 Å². The van der Waals surface area contributed by atoms with E-state index in [2.05, 4.69) is 25.5 Å². The first-order valence-electron chi connectivity index (χ1n) is 9.44. The molecule has 0 aliphatic carbocycles. The van der Waals surface area contributed by atoms with E-state index in [0.717, 1.165) is 17.8 Å². The molecular formula is C21H18Cl2FN7O2. The molecule has 0 aliphatic heterocycles. The van der Waals surface area contributed by atoms with Gasteiger partial charge in [0.05, 0.1) is 52.4 Å². The minimum Gasteiger partial charge on any atom is -0.383 e. The highest BCUT2D eigenvalue weighted by molar-refractivity contribution is 6.40. The Morgan fingerprint density at radius 1 is 1.12 bits per heavy atom. The maximum atomic E-state index is 13.4. The van der Waals surface area contributed by atoms with Crippen LogP contribution in [0.25, 0.3) is 10.9 Å². The normalized spacial score (nSPS) is 10.5. The molecule has 0 bridgehead atoms. The molecule has 0 unspecified atom stereocenters. The Morgan fingerprint density at radius 3 is 2.61 bits per heavy atom. The van der Waals surface area contributed by atoms with Gasteiger partial charge in [0, 0.05) is 6.54 Å². The Morgan fingerprint density at radius 2 is 1.88 bits per heavy atom. The summed E-state index contributed by atoms with van der Waals surface area (Å²) in [5.41, 5.74) is 7.54. The molecule has 3 heterocycles. The van der Waals surface area contributed by atoms with Crippen molar-refractivity contribution in [3.63, 3.8) is 0 Å². The minimum absolute atomic E-state index is 0. The second kappa shape index (κ2) is 10.2. The summed E-state index contributed by atoms with van der Waals surface area (Å²) in [6.45, 7) is 0.0155. The summed E-state index contributed by atoms with van der Waals surface area (Å²) in [6, 6.07) is 10.2. The Balaban J connectivity index is 0.00000306. The van der Waals surface area contributed by atoms with Gasteiger partial charge in [0.1, 0.15) is 11.6 Å². The number of nitrogens with two attached hydrogens (primary N) is 1. The van der Waals surface area contributed by atoms with Crippen LogP contribution in [0.2, 0.25) is 5.02 Å². The van der Waals surface area contributed by atoms with Crippen molar-refractivity contribution >= 4 is 58.2 Å².